The molecule has 0 aromatic heterocycles. The summed E-state index contributed by atoms with van der Waals surface area (Å²) in [6.07, 6.45) is 0.842. The van der Waals surface area contributed by atoms with Crippen LogP contribution in [0.4, 0.5) is 5.69 Å². The zero-order chi connectivity index (χ0) is 13.8. The average molecular weight is 251 g/mol. The van der Waals surface area contributed by atoms with E-state index in [-0.39, 0.29) is 11.2 Å². The minimum absolute atomic E-state index is 0.0999. The molecule has 0 fully saturated rings. The molecule has 0 unspecified atom stereocenters. The Kier molecular flexibility index (Phi) is 4.63. The molecule has 0 bridgehead atoms. The number of nitrogen functional groups attached to an aromatic ring is 1. The third-order valence-corrected chi connectivity index (χ3v) is 2.51. The lowest BCUT2D eigenvalue weighted by Crippen LogP contribution is -2.31. The van der Waals surface area contributed by atoms with Gasteiger partial charge in [0.15, 0.2) is 0 Å². The van der Waals surface area contributed by atoms with Gasteiger partial charge in [0.2, 0.25) is 0 Å². The molecule has 0 saturated carbocycles. The molecule has 0 amide bonds. The second kappa shape index (κ2) is 5.61. The summed E-state index contributed by atoms with van der Waals surface area (Å²) >= 11 is 0. The molecule has 0 aliphatic heterocycles. The summed E-state index contributed by atoms with van der Waals surface area (Å²) in [7, 11) is 0. The monoisotopic (exact) mass is 251 g/mol. The van der Waals surface area contributed by atoms with E-state index < -0.39 is 0 Å². The normalized spacial score (nSPS) is 12.5. The van der Waals surface area contributed by atoms with Gasteiger partial charge in [-0.2, -0.15) is 0 Å². The first-order chi connectivity index (χ1) is 8.18. The molecule has 0 spiro atoms. The summed E-state index contributed by atoms with van der Waals surface area (Å²) in [6, 6.07) is 7.47. The lowest BCUT2D eigenvalue weighted by atomic mass is 10.1. The standard InChI is InChI=1S/C15H25NO2/c1-14(2,3)17-11-10-15(4,5)18-13-8-6-12(16)7-9-13/h6-9H,10-11,16H2,1-5H3. The summed E-state index contributed by atoms with van der Waals surface area (Å²) in [5, 5.41) is 0. The predicted molar refractivity (Wildman–Crippen MR) is 75.9 cm³/mol. The van der Waals surface area contributed by atoms with E-state index in [1.807, 2.05) is 24.3 Å². The Morgan fingerprint density at radius 1 is 1.00 bits per heavy atom. The van der Waals surface area contributed by atoms with Crippen molar-refractivity contribution in [3.63, 3.8) is 0 Å². The Hall–Kier alpha value is -1.22. The molecule has 0 aliphatic rings. The lowest BCUT2D eigenvalue weighted by Gasteiger charge is -2.28. The minimum atomic E-state index is -0.249. The van der Waals surface area contributed by atoms with Gasteiger partial charge in [0.25, 0.3) is 0 Å². The molecular weight excluding hydrogens is 226 g/mol. The van der Waals surface area contributed by atoms with Gasteiger partial charge in [0.05, 0.1) is 12.2 Å². The Labute approximate surface area is 110 Å². The van der Waals surface area contributed by atoms with Crippen LogP contribution in [0.15, 0.2) is 24.3 Å². The number of ether oxygens (including phenoxy) is 2. The fraction of sp³-hybridized carbons (Fsp3) is 0.600. The molecule has 102 valence electrons. The van der Waals surface area contributed by atoms with Crippen LogP contribution in [0.3, 0.4) is 0 Å². The van der Waals surface area contributed by atoms with E-state index in [1.165, 1.54) is 0 Å². The maximum absolute atomic E-state index is 5.94. The molecule has 1 aromatic carbocycles. The van der Waals surface area contributed by atoms with Crippen molar-refractivity contribution in [3.05, 3.63) is 24.3 Å². The van der Waals surface area contributed by atoms with Gasteiger partial charge in [0.1, 0.15) is 11.4 Å². The van der Waals surface area contributed by atoms with Gasteiger partial charge in [-0.25, -0.2) is 0 Å². The van der Waals surface area contributed by atoms with Crippen molar-refractivity contribution in [2.75, 3.05) is 12.3 Å². The molecule has 2 N–H and O–H groups in total. The Morgan fingerprint density at radius 3 is 2.06 bits per heavy atom. The van der Waals surface area contributed by atoms with Crippen LogP contribution in [0.25, 0.3) is 0 Å². The summed E-state index contributed by atoms with van der Waals surface area (Å²) in [4.78, 5) is 0. The van der Waals surface area contributed by atoms with Gasteiger partial charge < -0.3 is 15.2 Å². The van der Waals surface area contributed by atoms with Crippen LogP contribution in [0, 0.1) is 0 Å². The fourth-order valence-electron chi connectivity index (χ4n) is 1.51. The number of nitrogens with two attached hydrogens (primary N) is 1. The van der Waals surface area contributed by atoms with E-state index in [4.69, 9.17) is 15.2 Å². The molecule has 18 heavy (non-hydrogen) atoms. The van der Waals surface area contributed by atoms with Crippen LogP contribution in [-0.2, 0) is 4.74 Å². The third-order valence-electron chi connectivity index (χ3n) is 2.51. The van der Waals surface area contributed by atoms with Crippen molar-refractivity contribution in [2.24, 2.45) is 0 Å². The summed E-state index contributed by atoms with van der Waals surface area (Å²) in [6.45, 7) is 11.0. The highest BCUT2D eigenvalue weighted by molar-refractivity contribution is 5.41. The molecule has 1 rings (SSSR count). The van der Waals surface area contributed by atoms with Gasteiger partial charge in [0, 0.05) is 12.1 Å². The average Bonchev–Trinajstić information content (AvgIpc) is 2.18. The molecule has 3 nitrogen and oxygen atoms in total. The van der Waals surface area contributed by atoms with Crippen LogP contribution in [-0.4, -0.2) is 17.8 Å². The zero-order valence-electron chi connectivity index (χ0n) is 12.1. The van der Waals surface area contributed by atoms with Gasteiger partial charge in [-0.05, 0) is 58.9 Å². The molecule has 3 heteroatoms. The van der Waals surface area contributed by atoms with Crippen LogP contribution in [0.1, 0.15) is 41.0 Å². The Balaban J connectivity index is 2.46. The first-order valence-corrected chi connectivity index (χ1v) is 6.36. The number of anilines is 1. The van der Waals surface area contributed by atoms with Crippen molar-refractivity contribution in [3.8, 4) is 5.75 Å². The van der Waals surface area contributed by atoms with Crippen LogP contribution >= 0.6 is 0 Å². The largest absolute Gasteiger partial charge is 0.488 e. The Bertz CT molecular complexity index is 363. The van der Waals surface area contributed by atoms with Crippen LogP contribution < -0.4 is 10.5 Å². The van der Waals surface area contributed by atoms with Gasteiger partial charge in [-0.15, -0.1) is 0 Å². The third kappa shape index (κ3) is 5.92. The summed E-state index contributed by atoms with van der Waals surface area (Å²) in [5.41, 5.74) is 6.04. The highest BCUT2D eigenvalue weighted by atomic mass is 16.5. The highest BCUT2D eigenvalue weighted by Gasteiger charge is 2.21. The smallest absolute Gasteiger partial charge is 0.120 e. The number of benzene rings is 1. The quantitative estimate of drug-likeness (QED) is 0.813. The molecular formula is C15H25NO2. The second-order valence-corrected chi connectivity index (χ2v) is 6.14. The molecule has 0 aliphatic carbocycles. The van der Waals surface area contributed by atoms with Crippen LogP contribution in [0.5, 0.6) is 5.75 Å². The van der Waals surface area contributed by atoms with E-state index >= 15 is 0 Å². The summed E-state index contributed by atoms with van der Waals surface area (Å²) < 4.78 is 11.7. The lowest BCUT2D eigenvalue weighted by molar-refractivity contribution is -0.0292. The molecule has 1 aromatic rings. The van der Waals surface area contributed by atoms with Gasteiger partial charge in [-0.1, -0.05) is 0 Å². The number of rotatable bonds is 5. The topological polar surface area (TPSA) is 44.5 Å². The van der Waals surface area contributed by atoms with Crippen molar-refractivity contribution >= 4 is 5.69 Å². The van der Waals surface area contributed by atoms with Crippen molar-refractivity contribution in [1.82, 2.24) is 0 Å². The highest BCUT2D eigenvalue weighted by Crippen LogP contribution is 2.22. The van der Waals surface area contributed by atoms with Crippen molar-refractivity contribution in [1.29, 1.82) is 0 Å². The zero-order valence-corrected chi connectivity index (χ0v) is 12.1. The van der Waals surface area contributed by atoms with Gasteiger partial charge >= 0.3 is 0 Å². The van der Waals surface area contributed by atoms with Gasteiger partial charge in [-0.3, -0.25) is 0 Å². The van der Waals surface area contributed by atoms with E-state index in [0.29, 0.717) is 6.61 Å². The van der Waals surface area contributed by atoms with E-state index in [1.54, 1.807) is 0 Å². The number of hydrogen-bond donors (Lipinski definition) is 1. The van der Waals surface area contributed by atoms with E-state index in [2.05, 4.69) is 34.6 Å². The summed E-state index contributed by atoms with van der Waals surface area (Å²) in [5.74, 6) is 0.838. The van der Waals surface area contributed by atoms with Crippen molar-refractivity contribution < 1.29 is 9.47 Å². The molecule has 0 radical (unpaired) electrons. The first kappa shape index (κ1) is 14.8. The molecule has 0 atom stereocenters. The molecule has 0 saturated heterocycles. The Morgan fingerprint density at radius 2 is 1.56 bits per heavy atom. The van der Waals surface area contributed by atoms with Crippen molar-refractivity contribution in [2.45, 2.75) is 52.2 Å². The second-order valence-electron chi connectivity index (χ2n) is 6.14. The maximum atomic E-state index is 5.94. The predicted octanol–water partition coefficient (Wildman–Crippen LogP) is 3.63. The SMILES string of the molecule is CC(C)(C)OCCC(C)(C)Oc1ccc(N)cc1. The minimum Gasteiger partial charge on any atom is -0.488 e. The fourth-order valence-corrected chi connectivity index (χ4v) is 1.51. The van der Waals surface area contributed by atoms with E-state index in [9.17, 15) is 0 Å². The maximum Gasteiger partial charge on any atom is 0.120 e. The van der Waals surface area contributed by atoms with Crippen LogP contribution in [0.2, 0.25) is 0 Å². The number of hydrogen-bond acceptors (Lipinski definition) is 3. The van der Waals surface area contributed by atoms with E-state index in [0.717, 1.165) is 17.9 Å². The molecule has 0 heterocycles. The first-order valence-electron chi connectivity index (χ1n) is 6.36.